The highest BCUT2D eigenvalue weighted by Gasteiger charge is 2.61. The third kappa shape index (κ3) is 1.97. The van der Waals surface area contributed by atoms with E-state index >= 15 is 0 Å². The van der Waals surface area contributed by atoms with Crippen LogP contribution in [0.15, 0.2) is 18.5 Å². The molecule has 0 aromatic carbocycles. The summed E-state index contributed by atoms with van der Waals surface area (Å²) in [7, 11) is 0. The Morgan fingerprint density at radius 3 is 2.78 bits per heavy atom. The van der Waals surface area contributed by atoms with Crippen molar-refractivity contribution >= 4 is 28.4 Å². The first-order valence-corrected chi connectivity index (χ1v) is 8.64. The number of carbonyl (C=O) groups is 1. The molecule has 2 aromatic rings. The van der Waals surface area contributed by atoms with Crippen molar-refractivity contribution in [2.24, 2.45) is 16.7 Å². The van der Waals surface area contributed by atoms with Gasteiger partial charge in [0.1, 0.15) is 5.69 Å². The quantitative estimate of drug-likeness (QED) is 0.868. The molecule has 0 radical (unpaired) electrons. The fourth-order valence-electron chi connectivity index (χ4n) is 4.80. The molecule has 1 amide bonds. The van der Waals surface area contributed by atoms with Crippen molar-refractivity contribution in [1.29, 1.82) is 0 Å². The smallest absolute Gasteiger partial charge is 0.267 e. The minimum Gasteiger partial charge on any atom is -0.349 e. The van der Waals surface area contributed by atoms with Crippen molar-refractivity contribution in [1.82, 2.24) is 15.3 Å². The van der Waals surface area contributed by atoms with E-state index in [0.717, 1.165) is 17.3 Å². The second-order valence-corrected chi connectivity index (χ2v) is 8.31. The lowest BCUT2D eigenvalue weighted by Crippen LogP contribution is -2.46. The summed E-state index contributed by atoms with van der Waals surface area (Å²) in [6.07, 6.45) is 6.85. The third-order valence-corrected chi connectivity index (χ3v) is 7.14. The van der Waals surface area contributed by atoms with E-state index in [2.05, 4.69) is 36.1 Å². The molecular formula is C18H22ClN3O. The van der Waals surface area contributed by atoms with E-state index in [0.29, 0.717) is 22.0 Å². The lowest BCUT2D eigenvalue weighted by atomic mass is 9.69. The standard InChI is InChI=1S/C18H22ClN3O/c1-17(2)10-4-5-18(17,3)15(6-10)22-16(23)13-7-11-12(19)8-20-9-14(11)21-13/h7-10,15,21H,4-6H2,1-3H3,(H,22,23). The molecule has 2 aliphatic rings. The molecule has 4 rings (SSSR count). The highest BCUT2D eigenvalue weighted by atomic mass is 35.5. The van der Waals surface area contributed by atoms with Crippen molar-refractivity contribution in [2.75, 3.05) is 0 Å². The summed E-state index contributed by atoms with van der Waals surface area (Å²) < 4.78 is 0. The first kappa shape index (κ1) is 15.0. The summed E-state index contributed by atoms with van der Waals surface area (Å²) in [6.45, 7) is 7.04. The highest BCUT2D eigenvalue weighted by molar-refractivity contribution is 6.35. The molecule has 4 nitrogen and oxygen atoms in total. The molecule has 0 aliphatic heterocycles. The molecule has 3 unspecified atom stereocenters. The van der Waals surface area contributed by atoms with Crippen molar-refractivity contribution < 1.29 is 4.79 Å². The van der Waals surface area contributed by atoms with Crippen molar-refractivity contribution in [3.8, 4) is 0 Å². The van der Waals surface area contributed by atoms with Crippen LogP contribution >= 0.6 is 11.6 Å². The summed E-state index contributed by atoms with van der Waals surface area (Å²) in [6, 6.07) is 2.05. The number of fused-ring (bicyclic) bond motifs is 3. The molecule has 2 aliphatic carbocycles. The van der Waals surface area contributed by atoms with Gasteiger partial charge in [-0.2, -0.15) is 0 Å². The number of halogens is 1. The minimum absolute atomic E-state index is 0.0492. The van der Waals surface area contributed by atoms with E-state index < -0.39 is 0 Å². The molecule has 2 N–H and O–H groups in total. The van der Waals surface area contributed by atoms with Gasteiger partial charge in [-0.3, -0.25) is 9.78 Å². The normalized spacial score (nSPS) is 31.7. The summed E-state index contributed by atoms with van der Waals surface area (Å²) >= 11 is 6.14. The number of nitrogens with one attached hydrogen (secondary N) is 2. The summed E-state index contributed by atoms with van der Waals surface area (Å²) in [4.78, 5) is 19.9. The molecule has 2 aromatic heterocycles. The SMILES string of the molecule is CC1(C)C2CCC1(C)C(NC(=O)c1cc3c(Cl)cncc3[nH]1)C2. The van der Waals surface area contributed by atoms with Crippen LogP contribution in [0.2, 0.25) is 5.02 Å². The topological polar surface area (TPSA) is 57.8 Å². The molecule has 2 saturated carbocycles. The predicted molar refractivity (Wildman–Crippen MR) is 91.6 cm³/mol. The van der Waals surface area contributed by atoms with Gasteiger partial charge in [0.15, 0.2) is 0 Å². The van der Waals surface area contributed by atoms with Crippen molar-refractivity contribution in [3.63, 3.8) is 0 Å². The van der Waals surface area contributed by atoms with Crippen LogP contribution in [0.3, 0.4) is 0 Å². The second-order valence-electron chi connectivity index (χ2n) is 7.90. The van der Waals surface area contributed by atoms with Gasteiger partial charge in [0.05, 0.1) is 16.7 Å². The second kappa shape index (κ2) is 4.73. The van der Waals surface area contributed by atoms with Gasteiger partial charge in [-0.15, -0.1) is 0 Å². The Morgan fingerprint density at radius 1 is 1.39 bits per heavy atom. The molecule has 2 bridgehead atoms. The molecule has 2 heterocycles. The summed E-state index contributed by atoms with van der Waals surface area (Å²) in [5, 5.41) is 4.67. The maximum atomic E-state index is 12.7. The van der Waals surface area contributed by atoms with Gasteiger partial charge in [-0.25, -0.2) is 0 Å². The summed E-state index contributed by atoms with van der Waals surface area (Å²) in [5.74, 6) is 0.658. The number of nitrogens with zero attached hydrogens (tertiary/aromatic N) is 1. The number of pyridine rings is 1. The molecule has 0 spiro atoms. The Morgan fingerprint density at radius 2 is 2.17 bits per heavy atom. The number of hydrogen-bond donors (Lipinski definition) is 2. The van der Waals surface area contributed by atoms with Crippen LogP contribution in [0, 0.1) is 16.7 Å². The molecular weight excluding hydrogens is 310 g/mol. The fourth-order valence-corrected chi connectivity index (χ4v) is 5.01. The molecule has 3 atom stereocenters. The van der Waals surface area contributed by atoms with Crippen LogP contribution in [0.25, 0.3) is 10.9 Å². The van der Waals surface area contributed by atoms with Gasteiger partial charge >= 0.3 is 0 Å². The Labute approximate surface area is 141 Å². The Bertz CT molecular complexity index is 797. The van der Waals surface area contributed by atoms with E-state index in [1.807, 2.05) is 6.07 Å². The molecule has 122 valence electrons. The van der Waals surface area contributed by atoms with E-state index in [4.69, 9.17) is 11.6 Å². The maximum absolute atomic E-state index is 12.7. The van der Waals surface area contributed by atoms with E-state index in [-0.39, 0.29) is 17.4 Å². The Kier molecular flexibility index (Phi) is 3.08. The van der Waals surface area contributed by atoms with Gasteiger partial charge < -0.3 is 10.3 Å². The Balaban J connectivity index is 1.60. The Hall–Kier alpha value is -1.55. The maximum Gasteiger partial charge on any atom is 0.267 e. The van der Waals surface area contributed by atoms with Crippen LogP contribution in [0.5, 0.6) is 0 Å². The average molecular weight is 332 g/mol. The average Bonchev–Trinajstić information content (AvgIpc) is 3.08. The van der Waals surface area contributed by atoms with Crippen LogP contribution in [0.4, 0.5) is 0 Å². The predicted octanol–water partition coefficient (Wildman–Crippen LogP) is 4.16. The van der Waals surface area contributed by atoms with Crippen LogP contribution in [-0.4, -0.2) is 21.9 Å². The minimum atomic E-state index is -0.0492. The van der Waals surface area contributed by atoms with Crippen LogP contribution in [-0.2, 0) is 0 Å². The first-order chi connectivity index (χ1) is 10.8. The van der Waals surface area contributed by atoms with Crippen LogP contribution in [0.1, 0.15) is 50.5 Å². The number of aromatic nitrogens is 2. The lowest BCUT2D eigenvalue weighted by Gasteiger charge is -2.39. The van der Waals surface area contributed by atoms with Crippen molar-refractivity contribution in [2.45, 2.75) is 46.1 Å². The summed E-state index contributed by atoms with van der Waals surface area (Å²) in [5.41, 5.74) is 1.82. The van der Waals surface area contributed by atoms with E-state index in [9.17, 15) is 4.79 Å². The first-order valence-electron chi connectivity index (χ1n) is 8.26. The highest BCUT2D eigenvalue weighted by Crippen LogP contribution is 2.65. The molecule has 5 heteroatoms. The van der Waals surface area contributed by atoms with Gasteiger partial charge in [0, 0.05) is 17.6 Å². The number of rotatable bonds is 2. The van der Waals surface area contributed by atoms with E-state index in [1.165, 1.54) is 12.8 Å². The number of carbonyl (C=O) groups excluding carboxylic acids is 1. The van der Waals surface area contributed by atoms with Gasteiger partial charge in [0.25, 0.3) is 5.91 Å². The van der Waals surface area contributed by atoms with E-state index in [1.54, 1.807) is 12.4 Å². The zero-order valence-electron chi connectivity index (χ0n) is 13.7. The zero-order chi connectivity index (χ0) is 16.4. The van der Waals surface area contributed by atoms with Gasteiger partial charge in [-0.1, -0.05) is 32.4 Å². The number of H-pyrrole nitrogens is 1. The molecule has 2 fully saturated rings. The zero-order valence-corrected chi connectivity index (χ0v) is 14.5. The van der Waals surface area contributed by atoms with Gasteiger partial charge in [-0.05, 0) is 42.1 Å². The van der Waals surface area contributed by atoms with Crippen LogP contribution < -0.4 is 5.32 Å². The number of hydrogen-bond acceptors (Lipinski definition) is 2. The third-order valence-electron chi connectivity index (χ3n) is 6.84. The lowest BCUT2D eigenvalue weighted by molar-refractivity contribution is 0.0822. The molecule has 0 saturated heterocycles. The van der Waals surface area contributed by atoms with Crippen molar-refractivity contribution in [3.05, 3.63) is 29.2 Å². The fraction of sp³-hybridized carbons (Fsp3) is 0.556. The monoisotopic (exact) mass is 331 g/mol. The molecule has 23 heavy (non-hydrogen) atoms. The van der Waals surface area contributed by atoms with Gasteiger partial charge in [0.2, 0.25) is 0 Å². The number of aromatic amines is 1. The largest absolute Gasteiger partial charge is 0.349 e. The number of amides is 1.